The van der Waals surface area contributed by atoms with Crippen molar-refractivity contribution in [1.29, 1.82) is 0 Å². The van der Waals surface area contributed by atoms with Crippen LogP contribution in [0.2, 0.25) is 0 Å². The quantitative estimate of drug-likeness (QED) is 0.756. The normalized spacial score (nSPS) is 17.9. The highest BCUT2D eigenvalue weighted by atomic mass is 16.5. The minimum absolute atomic E-state index is 0.0400. The second kappa shape index (κ2) is 3.26. The number of hydrogen-bond acceptors (Lipinski definition) is 3. The molecule has 0 bridgehead atoms. The molecule has 76 valence electrons. The fourth-order valence-corrected chi connectivity index (χ4v) is 1.69. The van der Waals surface area contributed by atoms with E-state index in [1.807, 2.05) is 18.2 Å². The molecule has 0 spiro atoms. The Bertz CT molecular complexity index is 345. The molecule has 3 heteroatoms. The van der Waals surface area contributed by atoms with E-state index in [1.165, 1.54) is 0 Å². The molecule has 0 radical (unpaired) electrons. The van der Waals surface area contributed by atoms with Crippen LogP contribution in [0.1, 0.15) is 24.0 Å². The van der Waals surface area contributed by atoms with E-state index in [0.29, 0.717) is 0 Å². The van der Waals surface area contributed by atoms with Crippen molar-refractivity contribution in [3.05, 3.63) is 29.3 Å². The van der Waals surface area contributed by atoms with Crippen LogP contribution in [0.5, 0.6) is 5.75 Å². The number of aliphatic hydroxyl groups excluding tert-OH is 1. The van der Waals surface area contributed by atoms with Gasteiger partial charge in [-0.3, -0.25) is 0 Å². The van der Waals surface area contributed by atoms with Crippen LogP contribution in [-0.2, 0) is 12.1 Å². The highest BCUT2D eigenvalue weighted by Crippen LogP contribution is 2.45. The first-order chi connectivity index (χ1) is 6.69. The lowest BCUT2D eigenvalue weighted by molar-refractivity contribution is 0.279. The number of methoxy groups -OCH3 is 1. The van der Waals surface area contributed by atoms with Gasteiger partial charge in [-0.05, 0) is 36.1 Å². The van der Waals surface area contributed by atoms with Crippen molar-refractivity contribution < 1.29 is 9.84 Å². The summed E-state index contributed by atoms with van der Waals surface area (Å²) in [5.74, 6) is 0.800. The largest absolute Gasteiger partial charge is 0.497 e. The van der Waals surface area contributed by atoms with Gasteiger partial charge in [-0.1, -0.05) is 6.07 Å². The van der Waals surface area contributed by atoms with E-state index in [2.05, 4.69) is 0 Å². The molecule has 1 aliphatic rings. The molecule has 1 aromatic rings. The van der Waals surface area contributed by atoms with E-state index in [1.54, 1.807) is 7.11 Å². The standard InChI is InChI=1S/C11H15NO2/c1-14-9-3-2-8(7-13)10(6-9)11(12)4-5-11/h2-3,6,13H,4-5,7,12H2,1H3. The van der Waals surface area contributed by atoms with Crippen LogP contribution in [0.3, 0.4) is 0 Å². The van der Waals surface area contributed by atoms with Crippen molar-refractivity contribution in [3.63, 3.8) is 0 Å². The Labute approximate surface area is 83.5 Å². The molecule has 0 amide bonds. The fraction of sp³-hybridized carbons (Fsp3) is 0.455. The smallest absolute Gasteiger partial charge is 0.119 e. The first-order valence-corrected chi connectivity index (χ1v) is 4.77. The Hall–Kier alpha value is -1.06. The van der Waals surface area contributed by atoms with Crippen LogP contribution in [0.25, 0.3) is 0 Å². The second-order valence-corrected chi connectivity index (χ2v) is 3.84. The van der Waals surface area contributed by atoms with E-state index in [0.717, 1.165) is 29.7 Å². The van der Waals surface area contributed by atoms with Crippen LogP contribution >= 0.6 is 0 Å². The number of ether oxygens (including phenoxy) is 1. The molecule has 3 nitrogen and oxygen atoms in total. The molecule has 0 aliphatic heterocycles. The average molecular weight is 193 g/mol. The van der Waals surface area contributed by atoms with Crippen molar-refractivity contribution in [2.75, 3.05) is 7.11 Å². The van der Waals surface area contributed by atoms with Gasteiger partial charge in [-0.2, -0.15) is 0 Å². The minimum atomic E-state index is -0.216. The maximum Gasteiger partial charge on any atom is 0.119 e. The summed E-state index contributed by atoms with van der Waals surface area (Å²) in [6.45, 7) is 0.0400. The van der Waals surface area contributed by atoms with Crippen LogP contribution in [0.4, 0.5) is 0 Å². The number of hydrogen-bond donors (Lipinski definition) is 2. The summed E-state index contributed by atoms with van der Waals surface area (Å²) in [4.78, 5) is 0. The van der Waals surface area contributed by atoms with Gasteiger partial charge in [0, 0.05) is 5.54 Å². The molecule has 0 atom stereocenters. The van der Waals surface area contributed by atoms with E-state index in [9.17, 15) is 5.11 Å². The van der Waals surface area contributed by atoms with Crippen LogP contribution in [-0.4, -0.2) is 12.2 Å². The summed E-state index contributed by atoms with van der Waals surface area (Å²) < 4.78 is 5.14. The molecular formula is C11H15NO2. The first-order valence-electron chi connectivity index (χ1n) is 4.77. The lowest BCUT2D eigenvalue weighted by atomic mass is 9.99. The highest BCUT2D eigenvalue weighted by Gasteiger charge is 2.41. The van der Waals surface area contributed by atoms with E-state index in [-0.39, 0.29) is 12.1 Å². The second-order valence-electron chi connectivity index (χ2n) is 3.84. The predicted octanol–water partition coefficient (Wildman–Crippen LogP) is 1.14. The van der Waals surface area contributed by atoms with Crippen LogP contribution in [0.15, 0.2) is 18.2 Å². The van der Waals surface area contributed by atoms with Gasteiger partial charge in [0.2, 0.25) is 0 Å². The maximum atomic E-state index is 9.18. The van der Waals surface area contributed by atoms with Crippen LogP contribution in [0, 0.1) is 0 Å². The molecule has 1 aromatic carbocycles. The zero-order chi connectivity index (χ0) is 10.2. The van der Waals surface area contributed by atoms with Gasteiger partial charge in [0.25, 0.3) is 0 Å². The van der Waals surface area contributed by atoms with Gasteiger partial charge in [-0.15, -0.1) is 0 Å². The number of rotatable bonds is 3. The number of aliphatic hydroxyl groups is 1. The van der Waals surface area contributed by atoms with Crippen molar-refractivity contribution in [2.45, 2.75) is 25.0 Å². The highest BCUT2D eigenvalue weighted by molar-refractivity contribution is 5.42. The molecule has 3 N–H and O–H groups in total. The van der Waals surface area contributed by atoms with E-state index >= 15 is 0 Å². The molecule has 0 saturated heterocycles. The van der Waals surface area contributed by atoms with Crippen molar-refractivity contribution in [1.82, 2.24) is 0 Å². The van der Waals surface area contributed by atoms with Gasteiger partial charge in [0.15, 0.2) is 0 Å². The Kier molecular flexibility index (Phi) is 2.21. The van der Waals surface area contributed by atoms with Gasteiger partial charge in [0.05, 0.1) is 13.7 Å². The van der Waals surface area contributed by atoms with Crippen molar-refractivity contribution in [3.8, 4) is 5.75 Å². The summed E-state index contributed by atoms with van der Waals surface area (Å²) >= 11 is 0. The lowest BCUT2D eigenvalue weighted by Gasteiger charge is -2.15. The fourth-order valence-electron chi connectivity index (χ4n) is 1.69. The summed E-state index contributed by atoms with van der Waals surface area (Å²) in [5.41, 5.74) is 7.82. The molecule has 14 heavy (non-hydrogen) atoms. The maximum absolute atomic E-state index is 9.18. The topological polar surface area (TPSA) is 55.5 Å². The van der Waals surface area contributed by atoms with Crippen LogP contribution < -0.4 is 10.5 Å². The molecule has 1 saturated carbocycles. The third-order valence-corrected chi connectivity index (χ3v) is 2.81. The van der Waals surface area contributed by atoms with E-state index < -0.39 is 0 Å². The molecular weight excluding hydrogens is 178 g/mol. The minimum Gasteiger partial charge on any atom is -0.497 e. The number of nitrogens with two attached hydrogens (primary N) is 1. The number of benzene rings is 1. The molecule has 0 unspecified atom stereocenters. The zero-order valence-corrected chi connectivity index (χ0v) is 8.29. The summed E-state index contributed by atoms with van der Waals surface area (Å²) in [6, 6.07) is 5.65. The SMILES string of the molecule is COc1ccc(CO)c(C2(N)CC2)c1. The van der Waals surface area contributed by atoms with Crippen molar-refractivity contribution >= 4 is 0 Å². The van der Waals surface area contributed by atoms with Gasteiger partial charge >= 0.3 is 0 Å². The molecule has 1 fully saturated rings. The first kappa shape index (κ1) is 9.49. The van der Waals surface area contributed by atoms with Gasteiger partial charge < -0.3 is 15.6 Å². The average Bonchev–Trinajstić information content (AvgIpc) is 2.97. The Morgan fingerprint density at radius 2 is 2.21 bits per heavy atom. The molecule has 2 rings (SSSR count). The van der Waals surface area contributed by atoms with Gasteiger partial charge in [-0.25, -0.2) is 0 Å². The Morgan fingerprint density at radius 1 is 1.50 bits per heavy atom. The third kappa shape index (κ3) is 1.49. The summed E-state index contributed by atoms with van der Waals surface area (Å²) in [7, 11) is 1.63. The van der Waals surface area contributed by atoms with Gasteiger partial charge in [0.1, 0.15) is 5.75 Å². The van der Waals surface area contributed by atoms with Crippen molar-refractivity contribution in [2.24, 2.45) is 5.73 Å². The lowest BCUT2D eigenvalue weighted by Crippen LogP contribution is -2.20. The molecule has 0 heterocycles. The molecule has 1 aliphatic carbocycles. The molecule has 0 aromatic heterocycles. The summed E-state index contributed by atoms with van der Waals surface area (Å²) in [6.07, 6.45) is 1.99. The third-order valence-electron chi connectivity index (χ3n) is 2.81. The Balaban J connectivity index is 2.43. The summed E-state index contributed by atoms with van der Waals surface area (Å²) in [5, 5.41) is 9.18. The predicted molar refractivity (Wildman–Crippen MR) is 54.0 cm³/mol. The Morgan fingerprint density at radius 3 is 2.71 bits per heavy atom. The zero-order valence-electron chi connectivity index (χ0n) is 8.29. The van der Waals surface area contributed by atoms with E-state index in [4.69, 9.17) is 10.5 Å². The monoisotopic (exact) mass is 193 g/mol.